The molecule has 1 atom stereocenters. The number of primary amides is 1. The quantitative estimate of drug-likeness (QED) is 0.581. The Morgan fingerprint density at radius 1 is 0.759 bits per heavy atom. The van der Waals surface area contributed by atoms with Crippen LogP contribution in [0.1, 0.15) is 26.3 Å². The second-order valence-corrected chi connectivity index (χ2v) is 6.51. The molecule has 1 unspecified atom stereocenters. The lowest BCUT2D eigenvalue weighted by Gasteiger charge is -2.19. The highest BCUT2D eigenvalue weighted by atomic mass is 16.2. The number of anilines is 1. The van der Waals surface area contributed by atoms with E-state index in [9.17, 15) is 14.4 Å². The third-order valence-corrected chi connectivity index (χ3v) is 4.38. The number of benzene rings is 3. The predicted molar refractivity (Wildman–Crippen MR) is 111 cm³/mol. The minimum atomic E-state index is -0.777. The molecule has 0 saturated carbocycles. The molecule has 0 aliphatic carbocycles. The van der Waals surface area contributed by atoms with Crippen LogP contribution in [0.25, 0.3) is 0 Å². The number of rotatable bonds is 7. The van der Waals surface area contributed by atoms with Crippen LogP contribution in [0.2, 0.25) is 0 Å². The van der Waals surface area contributed by atoms with Crippen molar-refractivity contribution in [2.24, 2.45) is 5.73 Å². The lowest BCUT2D eigenvalue weighted by molar-refractivity contribution is -0.118. The summed E-state index contributed by atoms with van der Waals surface area (Å²) in [5.41, 5.74) is 7.49. The zero-order valence-corrected chi connectivity index (χ0v) is 15.7. The van der Waals surface area contributed by atoms with Crippen LogP contribution >= 0.6 is 0 Å². The molecule has 0 spiro atoms. The van der Waals surface area contributed by atoms with Crippen molar-refractivity contribution >= 4 is 23.4 Å². The molecule has 3 aromatic carbocycles. The SMILES string of the molecule is NC(=O)c1ccc(NC(=O)C(Cc2ccccc2)NC(=O)c2ccccc2)cc1. The Morgan fingerprint density at radius 2 is 1.34 bits per heavy atom. The average molecular weight is 387 g/mol. The normalized spacial score (nSPS) is 11.3. The maximum Gasteiger partial charge on any atom is 0.251 e. The summed E-state index contributed by atoms with van der Waals surface area (Å²) in [4.78, 5) is 36.7. The van der Waals surface area contributed by atoms with E-state index in [1.54, 1.807) is 36.4 Å². The number of nitrogens with one attached hydrogen (secondary N) is 2. The van der Waals surface area contributed by atoms with Gasteiger partial charge in [0.1, 0.15) is 6.04 Å². The molecule has 0 bridgehead atoms. The summed E-state index contributed by atoms with van der Waals surface area (Å²) < 4.78 is 0. The smallest absolute Gasteiger partial charge is 0.251 e. The van der Waals surface area contributed by atoms with Crippen LogP contribution in [0, 0.1) is 0 Å². The summed E-state index contributed by atoms with van der Waals surface area (Å²) in [7, 11) is 0. The van der Waals surface area contributed by atoms with Crippen molar-refractivity contribution in [3.63, 3.8) is 0 Å². The molecule has 0 fully saturated rings. The Kier molecular flexibility index (Phi) is 6.37. The van der Waals surface area contributed by atoms with Crippen molar-refractivity contribution in [1.82, 2.24) is 5.32 Å². The van der Waals surface area contributed by atoms with Crippen LogP contribution in [-0.2, 0) is 11.2 Å². The van der Waals surface area contributed by atoms with Crippen LogP contribution in [0.4, 0.5) is 5.69 Å². The van der Waals surface area contributed by atoms with Crippen molar-refractivity contribution in [3.8, 4) is 0 Å². The average Bonchev–Trinajstić information content (AvgIpc) is 2.75. The zero-order chi connectivity index (χ0) is 20.6. The summed E-state index contributed by atoms with van der Waals surface area (Å²) in [5.74, 6) is -1.23. The van der Waals surface area contributed by atoms with Gasteiger partial charge in [-0.1, -0.05) is 48.5 Å². The number of nitrogens with two attached hydrogens (primary N) is 1. The van der Waals surface area contributed by atoms with E-state index in [4.69, 9.17) is 5.73 Å². The van der Waals surface area contributed by atoms with E-state index in [1.165, 1.54) is 12.1 Å². The van der Waals surface area contributed by atoms with Crippen LogP contribution < -0.4 is 16.4 Å². The highest BCUT2D eigenvalue weighted by Crippen LogP contribution is 2.12. The zero-order valence-electron chi connectivity index (χ0n) is 15.7. The van der Waals surface area contributed by atoms with Gasteiger partial charge >= 0.3 is 0 Å². The van der Waals surface area contributed by atoms with E-state index in [2.05, 4.69) is 10.6 Å². The van der Waals surface area contributed by atoms with Crippen molar-refractivity contribution < 1.29 is 14.4 Å². The van der Waals surface area contributed by atoms with Gasteiger partial charge in [0.25, 0.3) is 5.91 Å². The van der Waals surface area contributed by atoms with E-state index >= 15 is 0 Å². The monoisotopic (exact) mass is 387 g/mol. The summed E-state index contributed by atoms with van der Waals surface area (Å²) in [6.07, 6.45) is 0.338. The molecule has 0 aromatic heterocycles. The number of carbonyl (C=O) groups excluding carboxylic acids is 3. The molecule has 0 aliphatic heterocycles. The standard InChI is InChI=1S/C23H21N3O3/c24-21(27)17-11-13-19(14-12-17)25-23(29)20(15-16-7-3-1-4-8-16)26-22(28)18-9-5-2-6-10-18/h1-14,20H,15H2,(H2,24,27)(H,25,29)(H,26,28). The lowest BCUT2D eigenvalue weighted by Crippen LogP contribution is -2.45. The third kappa shape index (κ3) is 5.52. The van der Waals surface area contributed by atoms with E-state index in [-0.39, 0.29) is 11.8 Å². The Labute approximate surface area is 168 Å². The third-order valence-electron chi connectivity index (χ3n) is 4.38. The van der Waals surface area contributed by atoms with Gasteiger partial charge in [0.05, 0.1) is 0 Å². The second kappa shape index (κ2) is 9.32. The molecule has 6 nitrogen and oxygen atoms in total. The van der Waals surface area contributed by atoms with Gasteiger partial charge in [-0.3, -0.25) is 14.4 Å². The van der Waals surface area contributed by atoms with Crippen molar-refractivity contribution in [2.75, 3.05) is 5.32 Å². The molecule has 0 saturated heterocycles. The van der Waals surface area contributed by atoms with Gasteiger partial charge in [0, 0.05) is 23.2 Å². The van der Waals surface area contributed by atoms with Crippen LogP contribution in [0.15, 0.2) is 84.9 Å². The summed E-state index contributed by atoms with van der Waals surface area (Å²) in [6, 6.07) is 23.7. The maximum atomic E-state index is 12.9. The Bertz CT molecular complexity index is 987. The van der Waals surface area contributed by atoms with E-state index in [1.807, 2.05) is 36.4 Å². The minimum absolute atomic E-state index is 0.328. The van der Waals surface area contributed by atoms with Crippen molar-refractivity contribution in [2.45, 2.75) is 12.5 Å². The van der Waals surface area contributed by atoms with Crippen LogP contribution in [-0.4, -0.2) is 23.8 Å². The molecule has 29 heavy (non-hydrogen) atoms. The topological polar surface area (TPSA) is 101 Å². The summed E-state index contributed by atoms with van der Waals surface area (Å²) in [6.45, 7) is 0. The van der Waals surface area contributed by atoms with Crippen molar-refractivity contribution in [3.05, 3.63) is 102 Å². The molecule has 3 aromatic rings. The van der Waals surface area contributed by atoms with Crippen LogP contribution in [0.5, 0.6) is 0 Å². The maximum absolute atomic E-state index is 12.9. The fourth-order valence-corrected chi connectivity index (χ4v) is 2.84. The molecule has 146 valence electrons. The second-order valence-electron chi connectivity index (χ2n) is 6.51. The van der Waals surface area contributed by atoms with Crippen LogP contribution in [0.3, 0.4) is 0 Å². The first-order valence-corrected chi connectivity index (χ1v) is 9.13. The first kappa shape index (κ1) is 19.8. The van der Waals surface area contributed by atoms with Gasteiger partial charge in [-0.2, -0.15) is 0 Å². The molecule has 0 aliphatic rings. The first-order chi connectivity index (χ1) is 14.0. The van der Waals surface area contributed by atoms with E-state index in [0.29, 0.717) is 23.2 Å². The first-order valence-electron chi connectivity index (χ1n) is 9.13. The number of carbonyl (C=O) groups is 3. The minimum Gasteiger partial charge on any atom is -0.366 e. The Balaban J connectivity index is 1.76. The molecule has 4 N–H and O–H groups in total. The molecular formula is C23H21N3O3. The van der Waals surface area contributed by atoms with E-state index in [0.717, 1.165) is 5.56 Å². The molecule has 6 heteroatoms. The molecule has 3 rings (SSSR count). The highest BCUT2D eigenvalue weighted by molar-refractivity contribution is 6.01. The Hall–Kier alpha value is -3.93. The van der Waals surface area contributed by atoms with Gasteiger partial charge in [0.15, 0.2) is 0 Å². The number of hydrogen-bond donors (Lipinski definition) is 3. The highest BCUT2D eigenvalue weighted by Gasteiger charge is 2.22. The Morgan fingerprint density at radius 3 is 1.93 bits per heavy atom. The lowest BCUT2D eigenvalue weighted by atomic mass is 10.0. The predicted octanol–water partition coefficient (Wildman–Crippen LogP) is 2.77. The fourth-order valence-electron chi connectivity index (χ4n) is 2.84. The van der Waals surface area contributed by atoms with Gasteiger partial charge < -0.3 is 16.4 Å². The van der Waals surface area contributed by atoms with Gasteiger partial charge in [-0.25, -0.2) is 0 Å². The summed E-state index contributed by atoms with van der Waals surface area (Å²) >= 11 is 0. The number of hydrogen-bond acceptors (Lipinski definition) is 3. The van der Waals surface area contributed by atoms with E-state index < -0.39 is 11.9 Å². The van der Waals surface area contributed by atoms with Gasteiger partial charge in [-0.15, -0.1) is 0 Å². The fraction of sp³-hybridized carbons (Fsp3) is 0.0870. The van der Waals surface area contributed by atoms with Gasteiger partial charge in [0.2, 0.25) is 11.8 Å². The largest absolute Gasteiger partial charge is 0.366 e. The summed E-state index contributed by atoms with van der Waals surface area (Å²) in [5, 5.41) is 5.59. The molecule has 0 radical (unpaired) electrons. The number of amides is 3. The van der Waals surface area contributed by atoms with Crippen molar-refractivity contribution in [1.29, 1.82) is 0 Å². The molecule has 3 amide bonds. The molecular weight excluding hydrogens is 366 g/mol. The van der Waals surface area contributed by atoms with Gasteiger partial charge in [-0.05, 0) is 42.0 Å². The molecule has 0 heterocycles.